The van der Waals surface area contributed by atoms with Gasteiger partial charge in [0.15, 0.2) is 23.9 Å². The van der Waals surface area contributed by atoms with Crippen molar-refractivity contribution in [2.24, 2.45) is 5.10 Å². The molecule has 0 aliphatic carbocycles. The lowest BCUT2D eigenvalue weighted by atomic mass is 10.2. The molecule has 0 radical (unpaired) electrons. The first kappa shape index (κ1) is 29.0. The zero-order chi connectivity index (χ0) is 29.6. The Morgan fingerprint density at radius 3 is 2.55 bits per heavy atom. The molecule has 0 spiro atoms. The second kappa shape index (κ2) is 13.0. The van der Waals surface area contributed by atoms with Crippen molar-refractivity contribution < 1.29 is 18.7 Å². The minimum atomic E-state index is -0.586. The van der Waals surface area contributed by atoms with E-state index in [-0.39, 0.29) is 34.4 Å². The lowest BCUT2D eigenvalue weighted by molar-refractivity contribution is -0.118. The Kier molecular flexibility index (Phi) is 8.94. The maximum atomic E-state index is 13.9. The molecule has 0 atom stereocenters. The van der Waals surface area contributed by atoms with E-state index >= 15 is 0 Å². The summed E-state index contributed by atoms with van der Waals surface area (Å²) in [5.74, 6) is -0.430. The highest BCUT2D eigenvalue weighted by atomic mass is 79.9. The van der Waals surface area contributed by atoms with Crippen LogP contribution in [0.25, 0.3) is 22.3 Å². The standard InChI is InChI=1S/C31H23BrClFN4O4/c1-2-41-25-16-20(27(32)28(33)29(25)42-18-26(39)36-24-15-9-7-13-22(24)34)17-35-38-30(19-10-4-3-5-11-19)37-23-14-8-6-12-21(23)31(38)40/h3-17H,2,18H2,1H3,(H,36,39). The molecule has 0 bridgehead atoms. The molecule has 0 saturated heterocycles. The van der Waals surface area contributed by atoms with Gasteiger partial charge in [-0.1, -0.05) is 66.2 Å². The number of ether oxygens (including phenoxy) is 2. The first-order chi connectivity index (χ1) is 20.4. The van der Waals surface area contributed by atoms with Gasteiger partial charge < -0.3 is 14.8 Å². The van der Waals surface area contributed by atoms with Crippen LogP contribution in [0.1, 0.15) is 12.5 Å². The second-order valence-electron chi connectivity index (χ2n) is 8.85. The molecule has 1 heterocycles. The number of rotatable bonds is 9. The van der Waals surface area contributed by atoms with E-state index in [4.69, 9.17) is 26.1 Å². The topological polar surface area (TPSA) is 94.8 Å². The molecule has 5 rings (SSSR count). The van der Waals surface area contributed by atoms with E-state index in [9.17, 15) is 14.0 Å². The molecular formula is C31H23BrClFN4O4. The molecule has 1 aromatic heterocycles. The van der Waals surface area contributed by atoms with Gasteiger partial charge in [0, 0.05) is 15.6 Å². The predicted octanol–water partition coefficient (Wildman–Crippen LogP) is 6.92. The Balaban J connectivity index is 1.49. The van der Waals surface area contributed by atoms with E-state index in [1.807, 2.05) is 36.4 Å². The molecule has 8 nitrogen and oxygen atoms in total. The number of carbonyl (C=O) groups excluding carboxylic acids is 1. The summed E-state index contributed by atoms with van der Waals surface area (Å²) >= 11 is 10.1. The maximum Gasteiger partial charge on any atom is 0.282 e. The van der Waals surface area contributed by atoms with Gasteiger partial charge in [-0.15, -0.1) is 0 Å². The van der Waals surface area contributed by atoms with Crippen LogP contribution in [0.4, 0.5) is 10.1 Å². The fourth-order valence-corrected chi connectivity index (χ4v) is 4.76. The van der Waals surface area contributed by atoms with Crippen molar-refractivity contribution >= 4 is 56.2 Å². The Bertz CT molecular complexity index is 1860. The van der Waals surface area contributed by atoms with Crippen LogP contribution in [0.3, 0.4) is 0 Å². The van der Waals surface area contributed by atoms with E-state index in [1.165, 1.54) is 29.1 Å². The molecule has 0 fully saturated rings. The average molecular weight is 650 g/mol. The van der Waals surface area contributed by atoms with Gasteiger partial charge in [0.1, 0.15) is 10.8 Å². The second-order valence-corrected chi connectivity index (χ2v) is 10.0. The van der Waals surface area contributed by atoms with Crippen LogP contribution >= 0.6 is 27.5 Å². The van der Waals surface area contributed by atoms with Gasteiger partial charge in [0.2, 0.25) is 0 Å². The van der Waals surface area contributed by atoms with Gasteiger partial charge in [0.25, 0.3) is 11.5 Å². The Labute approximate surface area is 253 Å². The summed E-state index contributed by atoms with van der Waals surface area (Å²) in [6, 6.07) is 23.7. The Morgan fingerprint density at radius 1 is 1.07 bits per heavy atom. The average Bonchev–Trinajstić information content (AvgIpc) is 3.00. The number of fused-ring (bicyclic) bond motifs is 1. The van der Waals surface area contributed by atoms with Crippen molar-refractivity contribution in [3.8, 4) is 22.9 Å². The molecule has 1 N–H and O–H groups in total. The highest BCUT2D eigenvalue weighted by Gasteiger charge is 2.19. The van der Waals surface area contributed by atoms with Crippen LogP contribution in [0.5, 0.6) is 11.5 Å². The number of para-hydroxylation sites is 2. The molecule has 0 saturated carbocycles. The molecule has 0 aliphatic rings. The number of hydrogen-bond donors (Lipinski definition) is 1. The molecule has 0 unspecified atom stereocenters. The number of nitrogens with zero attached hydrogens (tertiary/aromatic N) is 3. The van der Waals surface area contributed by atoms with Gasteiger partial charge in [-0.2, -0.15) is 9.78 Å². The molecule has 1 amide bonds. The molecule has 5 aromatic rings. The first-order valence-corrected chi connectivity index (χ1v) is 14.0. The van der Waals surface area contributed by atoms with Crippen LogP contribution in [0.15, 0.2) is 99.3 Å². The van der Waals surface area contributed by atoms with Crippen LogP contribution in [-0.2, 0) is 4.79 Å². The van der Waals surface area contributed by atoms with Gasteiger partial charge in [-0.05, 0) is 53.2 Å². The number of amides is 1. The summed E-state index contributed by atoms with van der Waals surface area (Å²) in [7, 11) is 0. The van der Waals surface area contributed by atoms with Gasteiger partial charge >= 0.3 is 0 Å². The molecule has 4 aromatic carbocycles. The maximum absolute atomic E-state index is 13.9. The summed E-state index contributed by atoms with van der Waals surface area (Å²) in [5.41, 5.74) is 1.43. The highest BCUT2D eigenvalue weighted by molar-refractivity contribution is 9.10. The summed E-state index contributed by atoms with van der Waals surface area (Å²) < 4.78 is 27.0. The molecule has 0 aliphatic heterocycles. The minimum Gasteiger partial charge on any atom is -0.490 e. The van der Waals surface area contributed by atoms with Crippen LogP contribution < -0.4 is 20.3 Å². The lowest BCUT2D eigenvalue weighted by Gasteiger charge is -2.16. The van der Waals surface area contributed by atoms with Gasteiger partial charge in [0.05, 0.1) is 29.4 Å². The van der Waals surface area contributed by atoms with E-state index in [0.717, 1.165) is 0 Å². The number of anilines is 1. The van der Waals surface area contributed by atoms with E-state index in [1.54, 1.807) is 37.3 Å². The number of aromatic nitrogens is 2. The first-order valence-electron chi connectivity index (χ1n) is 12.8. The quantitative estimate of drug-likeness (QED) is 0.175. The van der Waals surface area contributed by atoms with Gasteiger partial charge in [-0.25, -0.2) is 9.37 Å². The Morgan fingerprint density at radius 2 is 1.79 bits per heavy atom. The summed E-state index contributed by atoms with van der Waals surface area (Å²) in [4.78, 5) is 30.6. The van der Waals surface area contributed by atoms with Crippen molar-refractivity contribution in [3.05, 3.63) is 116 Å². The number of nitrogens with one attached hydrogen (secondary N) is 1. The zero-order valence-corrected chi connectivity index (χ0v) is 24.5. The van der Waals surface area contributed by atoms with Crippen molar-refractivity contribution in [2.75, 3.05) is 18.5 Å². The van der Waals surface area contributed by atoms with Crippen LogP contribution in [0.2, 0.25) is 5.02 Å². The van der Waals surface area contributed by atoms with Crippen molar-refractivity contribution in [2.45, 2.75) is 6.92 Å². The van der Waals surface area contributed by atoms with E-state index < -0.39 is 18.3 Å². The van der Waals surface area contributed by atoms with Crippen LogP contribution in [-0.4, -0.2) is 35.0 Å². The number of carbonyl (C=O) groups is 1. The summed E-state index contributed by atoms with van der Waals surface area (Å²) in [5, 5.41) is 7.49. The summed E-state index contributed by atoms with van der Waals surface area (Å²) in [6.45, 7) is 1.61. The number of benzene rings is 4. The number of halogens is 3. The highest BCUT2D eigenvalue weighted by Crippen LogP contribution is 2.42. The van der Waals surface area contributed by atoms with Crippen molar-refractivity contribution in [3.63, 3.8) is 0 Å². The third kappa shape index (κ3) is 6.19. The monoisotopic (exact) mass is 648 g/mol. The largest absolute Gasteiger partial charge is 0.490 e. The predicted molar refractivity (Wildman–Crippen MR) is 165 cm³/mol. The fourth-order valence-electron chi connectivity index (χ4n) is 4.11. The number of hydrogen-bond acceptors (Lipinski definition) is 6. The zero-order valence-electron chi connectivity index (χ0n) is 22.2. The fraction of sp³-hybridized carbons (Fsp3) is 0.0968. The molecular weight excluding hydrogens is 627 g/mol. The van der Waals surface area contributed by atoms with Crippen molar-refractivity contribution in [1.29, 1.82) is 0 Å². The van der Waals surface area contributed by atoms with Crippen molar-refractivity contribution in [1.82, 2.24) is 9.66 Å². The SMILES string of the molecule is CCOc1cc(C=Nn2c(-c3ccccc3)nc3ccccc3c2=O)c(Br)c(Cl)c1OCC(=O)Nc1ccccc1F. The molecule has 212 valence electrons. The van der Waals surface area contributed by atoms with Gasteiger partial charge in [-0.3, -0.25) is 9.59 Å². The summed E-state index contributed by atoms with van der Waals surface area (Å²) in [6.07, 6.45) is 1.46. The van der Waals surface area contributed by atoms with E-state index in [2.05, 4.69) is 26.3 Å². The molecule has 42 heavy (non-hydrogen) atoms. The smallest absolute Gasteiger partial charge is 0.282 e. The third-order valence-electron chi connectivity index (χ3n) is 6.05. The van der Waals surface area contributed by atoms with E-state index in [0.29, 0.717) is 32.3 Å². The normalized spacial score (nSPS) is 11.1. The lowest BCUT2D eigenvalue weighted by Crippen LogP contribution is -2.21. The van der Waals surface area contributed by atoms with Crippen LogP contribution in [0, 0.1) is 5.82 Å². The molecule has 11 heteroatoms. The minimum absolute atomic E-state index is 0.0308. The Hall–Kier alpha value is -4.54. The third-order valence-corrected chi connectivity index (χ3v) is 7.49.